The molecule has 2 nitrogen and oxygen atoms in total. The normalized spacial score (nSPS) is 12.6. The van der Waals surface area contributed by atoms with Gasteiger partial charge in [-0.15, -0.1) is 11.3 Å². The highest BCUT2D eigenvalue weighted by Gasteiger charge is 2.06. The minimum absolute atomic E-state index is 0.0746. The van der Waals surface area contributed by atoms with E-state index in [1.165, 1.54) is 4.88 Å². The Hall–Kier alpha value is -1.32. The minimum Gasteiger partial charge on any atom is -0.399 e. The van der Waals surface area contributed by atoms with E-state index in [1.807, 2.05) is 37.3 Å². The van der Waals surface area contributed by atoms with Crippen molar-refractivity contribution in [3.05, 3.63) is 52.2 Å². The molecule has 1 aromatic carbocycles. The van der Waals surface area contributed by atoms with Gasteiger partial charge < -0.3 is 10.5 Å². The van der Waals surface area contributed by atoms with E-state index < -0.39 is 0 Å². The van der Waals surface area contributed by atoms with Gasteiger partial charge in [-0.05, 0) is 36.1 Å². The maximum Gasteiger partial charge on any atom is 0.0817 e. The summed E-state index contributed by atoms with van der Waals surface area (Å²) in [6.07, 6.45) is 0.0746. The summed E-state index contributed by atoms with van der Waals surface area (Å²) in [5, 5.41) is 2.06. The number of hydrogen-bond donors (Lipinski definition) is 1. The largest absolute Gasteiger partial charge is 0.399 e. The van der Waals surface area contributed by atoms with Crippen molar-refractivity contribution in [2.45, 2.75) is 19.6 Å². The molecule has 2 aromatic rings. The number of anilines is 1. The van der Waals surface area contributed by atoms with Gasteiger partial charge in [0.15, 0.2) is 0 Å². The van der Waals surface area contributed by atoms with Gasteiger partial charge in [0, 0.05) is 10.6 Å². The summed E-state index contributed by atoms with van der Waals surface area (Å²) < 4.78 is 5.78. The Morgan fingerprint density at radius 1 is 1.31 bits per heavy atom. The molecule has 0 saturated heterocycles. The molecule has 1 atom stereocenters. The first kappa shape index (κ1) is 11.2. The van der Waals surface area contributed by atoms with Crippen molar-refractivity contribution in [3.63, 3.8) is 0 Å². The molecule has 0 saturated carbocycles. The van der Waals surface area contributed by atoms with Gasteiger partial charge in [-0.3, -0.25) is 0 Å². The van der Waals surface area contributed by atoms with Gasteiger partial charge >= 0.3 is 0 Å². The molecule has 0 bridgehead atoms. The summed E-state index contributed by atoms with van der Waals surface area (Å²) in [5.41, 5.74) is 7.64. The maximum absolute atomic E-state index is 5.78. The maximum atomic E-state index is 5.78. The molecule has 0 aliphatic carbocycles. The molecule has 0 radical (unpaired) electrons. The van der Waals surface area contributed by atoms with Crippen molar-refractivity contribution in [3.8, 4) is 0 Å². The smallest absolute Gasteiger partial charge is 0.0817 e. The van der Waals surface area contributed by atoms with Crippen LogP contribution in [0.2, 0.25) is 0 Å². The van der Waals surface area contributed by atoms with Crippen molar-refractivity contribution in [1.29, 1.82) is 0 Å². The number of nitrogen functional groups attached to an aromatic ring is 1. The molecule has 0 aliphatic rings. The molecule has 2 N–H and O–H groups in total. The van der Waals surface area contributed by atoms with Crippen LogP contribution in [0.5, 0.6) is 0 Å². The third-order valence-corrected chi connectivity index (χ3v) is 3.29. The Balaban J connectivity index is 1.95. The topological polar surface area (TPSA) is 35.2 Å². The van der Waals surface area contributed by atoms with Crippen LogP contribution in [-0.2, 0) is 11.3 Å². The van der Waals surface area contributed by atoms with Gasteiger partial charge in [-0.2, -0.15) is 0 Å². The molecule has 1 heterocycles. The summed E-state index contributed by atoms with van der Waals surface area (Å²) in [4.78, 5) is 1.25. The first-order chi connectivity index (χ1) is 7.75. The second-order valence-corrected chi connectivity index (χ2v) is 4.73. The number of benzene rings is 1. The molecule has 0 aliphatic heterocycles. The predicted molar refractivity (Wildman–Crippen MR) is 68.4 cm³/mol. The van der Waals surface area contributed by atoms with Crippen LogP contribution in [0.3, 0.4) is 0 Å². The fraction of sp³-hybridized carbons (Fsp3) is 0.231. The summed E-state index contributed by atoms with van der Waals surface area (Å²) in [7, 11) is 0. The molecule has 1 unspecified atom stereocenters. The third-order valence-electron chi connectivity index (χ3n) is 2.44. The number of rotatable bonds is 4. The lowest BCUT2D eigenvalue weighted by Gasteiger charge is -2.13. The van der Waals surface area contributed by atoms with Crippen molar-refractivity contribution in [1.82, 2.24) is 0 Å². The number of nitrogens with two attached hydrogens (primary N) is 1. The van der Waals surface area contributed by atoms with Crippen LogP contribution in [0.25, 0.3) is 0 Å². The van der Waals surface area contributed by atoms with Crippen molar-refractivity contribution in [2.24, 2.45) is 0 Å². The Morgan fingerprint density at radius 3 is 2.88 bits per heavy atom. The van der Waals surface area contributed by atoms with Crippen LogP contribution in [0.15, 0.2) is 41.8 Å². The van der Waals surface area contributed by atoms with Crippen LogP contribution in [-0.4, -0.2) is 0 Å². The fourth-order valence-corrected chi connectivity index (χ4v) is 2.14. The second kappa shape index (κ2) is 5.14. The average Bonchev–Trinajstić information content (AvgIpc) is 2.78. The monoisotopic (exact) mass is 233 g/mol. The zero-order valence-electron chi connectivity index (χ0n) is 9.22. The number of ether oxygens (including phenoxy) is 1. The van der Waals surface area contributed by atoms with Gasteiger partial charge in [0.2, 0.25) is 0 Å². The first-order valence-corrected chi connectivity index (χ1v) is 6.13. The van der Waals surface area contributed by atoms with Gasteiger partial charge in [0.05, 0.1) is 12.7 Å². The molecule has 16 heavy (non-hydrogen) atoms. The lowest BCUT2D eigenvalue weighted by Crippen LogP contribution is -2.00. The van der Waals surface area contributed by atoms with Crippen LogP contribution >= 0.6 is 11.3 Å². The van der Waals surface area contributed by atoms with E-state index in [-0.39, 0.29) is 6.10 Å². The SMILES string of the molecule is CC(OCc1cccs1)c1cccc(N)c1. The Labute approximate surface area is 99.7 Å². The molecule has 3 heteroatoms. The second-order valence-electron chi connectivity index (χ2n) is 3.70. The van der Waals surface area contributed by atoms with E-state index in [4.69, 9.17) is 10.5 Å². The van der Waals surface area contributed by atoms with Crippen molar-refractivity contribution < 1.29 is 4.74 Å². The van der Waals surface area contributed by atoms with E-state index >= 15 is 0 Å². The quantitative estimate of drug-likeness (QED) is 0.819. The van der Waals surface area contributed by atoms with Crippen molar-refractivity contribution >= 4 is 17.0 Å². The molecule has 0 spiro atoms. The molecule has 0 fully saturated rings. The zero-order chi connectivity index (χ0) is 11.4. The Bertz CT molecular complexity index is 439. The van der Waals surface area contributed by atoms with Crippen LogP contribution in [0.4, 0.5) is 5.69 Å². The molecular formula is C13H15NOS. The molecule has 1 aromatic heterocycles. The summed E-state index contributed by atoms with van der Waals surface area (Å²) in [6.45, 7) is 2.70. The lowest BCUT2D eigenvalue weighted by atomic mass is 10.1. The average molecular weight is 233 g/mol. The van der Waals surface area contributed by atoms with Crippen LogP contribution < -0.4 is 5.73 Å². The highest BCUT2D eigenvalue weighted by molar-refractivity contribution is 7.09. The zero-order valence-corrected chi connectivity index (χ0v) is 10.0. The van der Waals surface area contributed by atoms with Gasteiger partial charge in [-0.25, -0.2) is 0 Å². The molecule has 84 valence electrons. The number of hydrogen-bond acceptors (Lipinski definition) is 3. The van der Waals surface area contributed by atoms with E-state index in [0.717, 1.165) is 11.3 Å². The standard InChI is InChI=1S/C13H15NOS/c1-10(11-4-2-5-12(14)8-11)15-9-13-6-3-7-16-13/h2-8,10H,9,14H2,1H3. The third kappa shape index (κ3) is 2.84. The molecular weight excluding hydrogens is 218 g/mol. The fourth-order valence-electron chi connectivity index (χ4n) is 1.51. The van der Waals surface area contributed by atoms with Gasteiger partial charge in [-0.1, -0.05) is 18.2 Å². The van der Waals surface area contributed by atoms with Gasteiger partial charge in [0.25, 0.3) is 0 Å². The highest BCUT2D eigenvalue weighted by Crippen LogP contribution is 2.21. The summed E-state index contributed by atoms with van der Waals surface area (Å²) in [5.74, 6) is 0. The van der Waals surface area contributed by atoms with E-state index in [2.05, 4.69) is 11.4 Å². The highest BCUT2D eigenvalue weighted by atomic mass is 32.1. The van der Waals surface area contributed by atoms with E-state index in [1.54, 1.807) is 11.3 Å². The predicted octanol–water partition coefficient (Wildman–Crippen LogP) is 3.61. The van der Waals surface area contributed by atoms with Crippen molar-refractivity contribution in [2.75, 3.05) is 5.73 Å². The molecule has 2 rings (SSSR count). The van der Waals surface area contributed by atoms with E-state index in [0.29, 0.717) is 6.61 Å². The van der Waals surface area contributed by atoms with Crippen LogP contribution in [0.1, 0.15) is 23.5 Å². The summed E-state index contributed by atoms with van der Waals surface area (Å²) in [6, 6.07) is 11.9. The van der Waals surface area contributed by atoms with Gasteiger partial charge in [0.1, 0.15) is 0 Å². The Kier molecular flexibility index (Phi) is 3.59. The molecule has 0 amide bonds. The summed E-state index contributed by atoms with van der Waals surface area (Å²) >= 11 is 1.71. The van der Waals surface area contributed by atoms with E-state index in [9.17, 15) is 0 Å². The lowest BCUT2D eigenvalue weighted by molar-refractivity contribution is 0.0543. The number of thiophene rings is 1. The Morgan fingerprint density at radius 2 is 2.19 bits per heavy atom. The first-order valence-electron chi connectivity index (χ1n) is 5.25. The van der Waals surface area contributed by atoms with Crippen LogP contribution in [0, 0.1) is 0 Å². The minimum atomic E-state index is 0.0746.